The first-order chi connectivity index (χ1) is 10.2. The molecule has 0 aliphatic heterocycles. The molecule has 21 heavy (non-hydrogen) atoms. The molecule has 0 saturated carbocycles. The van der Waals surface area contributed by atoms with Gasteiger partial charge in [-0.1, -0.05) is 12.1 Å². The van der Waals surface area contributed by atoms with Crippen molar-refractivity contribution in [2.24, 2.45) is 0 Å². The van der Waals surface area contributed by atoms with Crippen LogP contribution in [-0.2, 0) is 13.1 Å². The zero-order valence-corrected chi connectivity index (χ0v) is 13.0. The fourth-order valence-corrected chi connectivity index (χ4v) is 2.91. The normalized spacial score (nSPS) is 11.2. The number of nitrogens with zero attached hydrogens (tertiary/aromatic N) is 4. The summed E-state index contributed by atoms with van der Waals surface area (Å²) < 4.78 is 2.01. The lowest BCUT2D eigenvalue weighted by molar-refractivity contribution is 0.315. The highest BCUT2D eigenvalue weighted by atomic mass is 32.1. The quantitative estimate of drug-likeness (QED) is 0.725. The molecule has 0 bridgehead atoms. The Labute approximate surface area is 128 Å². The van der Waals surface area contributed by atoms with E-state index in [2.05, 4.69) is 51.6 Å². The highest BCUT2D eigenvalue weighted by Gasteiger charge is 2.05. The largest absolute Gasteiger partial charge is 0.306 e. The number of aromatic nitrogens is 3. The number of imidazole rings is 1. The van der Waals surface area contributed by atoms with Gasteiger partial charge in [-0.05, 0) is 31.7 Å². The lowest BCUT2D eigenvalue weighted by Crippen LogP contribution is -2.17. The minimum Gasteiger partial charge on any atom is -0.306 e. The van der Waals surface area contributed by atoms with Crippen LogP contribution >= 0.6 is 11.3 Å². The maximum atomic E-state index is 4.51. The molecule has 0 radical (unpaired) electrons. The average Bonchev–Trinajstić information content (AvgIpc) is 3.11. The molecular formula is C16H18N4S. The molecule has 0 N–H and O–H groups in total. The molecule has 0 saturated heterocycles. The van der Waals surface area contributed by atoms with Gasteiger partial charge in [0.1, 0.15) is 0 Å². The summed E-state index contributed by atoms with van der Waals surface area (Å²) in [5.41, 5.74) is 3.58. The zero-order valence-electron chi connectivity index (χ0n) is 12.2. The van der Waals surface area contributed by atoms with Gasteiger partial charge < -0.3 is 4.57 Å². The SMILES string of the molecule is Cc1nc(CN(C)Cc2ccc(-n3ccnc3)cc2)cs1. The van der Waals surface area contributed by atoms with Crippen LogP contribution < -0.4 is 0 Å². The van der Waals surface area contributed by atoms with Gasteiger partial charge in [0.25, 0.3) is 0 Å². The maximum Gasteiger partial charge on any atom is 0.0991 e. The van der Waals surface area contributed by atoms with Crippen molar-refractivity contribution in [1.29, 1.82) is 0 Å². The van der Waals surface area contributed by atoms with Gasteiger partial charge in [-0.15, -0.1) is 11.3 Å². The van der Waals surface area contributed by atoms with E-state index in [4.69, 9.17) is 0 Å². The minimum atomic E-state index is 0.883. The highest BCUT2D eigenvalue weighted by molar-refractivity contribution is 7.09. The van der Waals surface area contributed by atoms with Gasteiger partial charge in [0.05, 0.1) is 17.0 Å². The predicted molar refractivity (Wildman–Crippen MR) is 85.6 cm³/mol. The fraction of sp³-hybridized carbons (Fsp3) is 0.250. The summed E-state index contributed by atoms with van der Waals surface area (Å²) in [4.78, 5) is 10.9. The molecule has 2 heterocycles. The second kappa shape index (κ2) is 6.20. The Morgan fingerprint density at radius 3 is 2.62 bits per heavy atom. The summed E-state index contributed by atoms with van der Waals surface area (Å²) in [6.07, 6.45) is 5.55. The predicted octanol–water partition coefficient (Wildman–Crippen LogP) is 3.27. The summed E-state index contributed by atoms with van der Waals surface area (Å²) in [6.45, 7) is 3.84. The molecule has 0 atom stereocenters. The number of thiazole rings is 1. The lowest BCUT2D eigenvalue weighted by Gasteiger charge is -2.15. The molecule has 0 amide bonds. The molecule has 3 rings (SSSR count). The maximum absolute atomic E-state index is 4.51. The Morgan fingerprint density at radius 2 is 2.00 bits per heavy atom. The molecule has 0 fully saturated rings. The second-order valence-corrected chi connectivity index (χ2v) is 6.23. The first kappa shape index (κ1) is 14.0. The molecule has 108 valence electrons. The van der Waals surface area contributed by atoms with Gasteiger partial charge in [-0.2, -0.15) is 0 Å². The van der Waals surface area contributed by atoms with Crippen LogP contribution in [0.3, 0.4) is 0 Å². The van der Waals surface area contributed by atoms with Crippen molar-refractivity contribution in [3.05, 3.63) is 64.6 Å². The first-order valence-electron chi connectivity index (χ1n) is 6.87. The van der Waals surface area contributed by atoms with Crippen molar-refractivity contribution in [3.63, 3.8) is 0 Å². The van der Waals surface area contributed by atoms with Crippen LogP contribution in [0.15, 0.2) is 48.4 Å². The van der Waals surface area contributed by atoms with E-state index in [1.165, 1.54) is 5.56 Å². The van der Waals surface area contributed by atoms with Gasteiger partial charge in [0.15, 0.2) is 0 Å². The van der Waals surface area contributed by atoms with Crippen molar-refractivity contribution < 1.29 is 0 Å². The molecule has 1 aromatic carbocycles. The van der Waals surface area contributed by atoms with Crippen LogP contribution in [0.4, 0.5) is 0 Å². The molecule has 3 aromatic rings. The Hall–Kier alpha value is -1.98. The van der Waals surface area contributed by atoms with Crippen molar-refractivity contribution in [2.75, 3.05) is 7.05 Å². The molecule has 0 aliphatic carbocycles. The van der Waals surface area contributed by atoms with E-state index in [-0.39, 0.29) is 0 Å². The molecule has 4 nitrogen and oxygen atoms in total. The van der Waals surface area contributed by atoms with Crippen LogP contribution in [0, 0.1) is 6.92 Å². The average molecular weight is 298 g/mol. The number of hydrogen-bond acceptors (Lipinski definition) is 4. The number of benzene rings is 1. The van der Waals surface area contributed by atoms with Crippen LogP contribution in [0.2, 0.25) is 0 Å². The third kappa shape index (κ3) is 3.56. The van der Waals surface area contributed by atoms with E-state index >= 15 is 0 Å². The van der Waals surface area contributed by atoms with Gasteiger partial charge in [-0.25, -0.2) is 9.97 Å². The minimum absolute atomic E-state index is 0.883. The summed E-state index contributed by atoms with van der Waals surface area (Å²) in [6, 6.07) is 8.58. The van der Waals surface area contributed by atoms with Gasteiger partial charge >= 0.3 is 0 Å². The molecular weight excluding hydrogens is 280 g/mol. The van der Waals surface area contributed by atoms with Gasteiger partial charge in [0, 0.05) is 36.6 Å². The van der Waals surface area contributed by atoms with Crippen molar-refractivity contribution in [2.45, 2.75) is 20.0 Å². The topological polar surface area (TPSA) is 34.0 Å². The number of hydrogen-bond donors (Lipinski definition) is 0. The molecule has 5 heteroatoms. The van der Waals surface area contributed by atoms with Gasteiger partial charge in [-0.3, -0.25) is 4.90 Å². The lowest BCUT2D eigenvalue weighted by atomic mass is 10.2. The van der Waals surface area contributed by atoms with Crippen LogP contribution in [0.25, 0.3) is 5.69 Å². The zero-order chi connectivity index (χ0) is 14.7. The Bertz CT molecular complexity index is 685. The van der Waals surface area contributed by atoms with E-state index in [0.717, 1.165) is 29.5 Å². The Balaban J connectivity index is 1.62. The van der Waals surface area contributed by atoms with E-state index in [0.29, 0.717) is 0 Å². The summed E-state index contributed by atoms with van der Waals surface area (Å²) in [5, 5.41) is 3.26. The number of aryl methyl sites for hydroxylation is 1. The summed E-state index contributed by atoms with van der Waals surface area (Å²) in [7, 11) is 2.12. The monoisotopic (exact) mass is 298 g/mol. The van der Waals surface area contributed by atoms with Crippen molar-refractivity contribution >= 4 is 11.3 Å². The standard InChI is InChI=1S/C16H18N4S/c1-13-18-15(11-21-13)10-19(2)9-14-3-5-16(6-4-14)20-8-7-17-12-20/h3-8,11-12H,9-10H2,1-2H3. The first-order valence-corrected chi connectivity index (χ1v) is 7.75. The number of rotatable bonds is 5. The Morgan fingerprint density at radius 1 is 1.19 bits per heavy atom. The summed E-state index contributed by atoms with van der Waals surface area (Å²) >= 11 is 1.71. The van der Waals surface area contributed by atoms with Crippen LogP contribution in [-0.4, -0.2) is 26.5 Å². The summed E-state index contributed by atoms with van der Waals surface area (Å²) in [5.74, 6) is 0. The van der Waals surface area contributed by atoms with Crippen molar-refractivity contribution in [1.82, 2.24) is 19.4 Å². The fourth-order valence-electron chi connectivity index (χ4n) is 2.31. The third-order valence-electron chi connectivity index (χ3n) is 3.29. The van der Waals surface area contributed by atoms with E-state index in [1.54, 1.807) is 17.5 Å². The van der Waals surface area contributed by atoms with Crippen LogP contribution in [0.1, 0.15) is 16.3 Å². The molecule has 2 aromatic heterocycles. The van der Waals surface area contributed by atoms with Crippen molar-refractivity contribution in [3.8, 4) is 5.69 Å². The van der Waals surface area contributed by atoms with E-state index < -0.39 is 0 Å². The van der Waals surface area contributed by atoms with Gasteiger partial charge in [0.2, 0.25) is 0 Å². The second-order valence-electron chi connectivity index (χ2n) is 5.17. The smallest absolute Gasteiger partial charge is 0.0991 e. The molecule has 0 spiro atoms. The Kier molecular flexibility index (Phi) is 4.13. The van der Waals surface area contributed by atoms with E-state index in [1.807, 2.05) is 24.0 Å². The molecule has 0 aliphatic rings. The van der Waals surface area contributed by atoms with Crippen LogP contribution in [0.5, 0.6) is 0 Å². The third-order valence-corrected chi connectivity index (χ3v) is 4.11. The highest BCUT2D eigenvalue weighted by Crippen LogP contribution is 2.13. The van der Waals surface area contributed by atoms with E-state index in [9.17, 15) is 0 Å². The molecule has 0 unspecified atom stereocenters.